The maximum atomic E-state index is 10.4. The van der Waals surface area contributed by atoms with Crippen molar-refractivity contribution in [3.63, 3.8) is 0 Å². The van der Waals surface area contributed by atoms with Crippen LogP contribution in [0.1, 0.15) is 25.1 Å². The molecule has 3 nitrogen and oxygen atoms in total. The van der Waals surface area contributed by atoms with Crippen LogP contribution in [0.15, 0.2) is 30.3 Å². The molecular formula is C17H21NO2. The lowest BCUT2D eigenvalue weighted by atomic mass is 10.0. The summed E-state index contributed by atoms with van der Waals surface area (Å²) in [5.74, 6) is 0. The molecule has 0 fully saturated rings. The third-order valence-corrected chi connectivity index (χ3v) is 3.93. The van der Waals surface area contributed by atoms with E-state index < -0.39 is 6.10 Å². The first kappa shape index (κ1) is 13.4. The van der Waals surface area contributed by atoms with Crippen molar-refractivity contribution in [2.24, 2.45) is 7.05 Å². The summed E-state index contributed by atoms with van der Waals surface area (Å²) in [5.41, 5.74) is 3.58. The second-order valence-electron chi connectivity index (χ2n) is 5.72. The molecule has 0 amide bonds. The minimum Gasteiger partial charge on any atom is -0.390 e. The predicted molar refractivity (Wildman–Crippen MR) is 81.7 cm³/mol. The molecule has 1 aliphatic rings. The SMILES string of the molecule is CC(C)OC1C=Cc2c(c3ccccc3n2C)CC1O. The van der Waals surface area contributed by atoms with Gasteiger partial charge in [-0.25, -0.2) is 0 Å². The Bertz CT molecular complexity index is 654. The second kappa shape index (κ2) is 5.08. The van der Waals surface area contributed by atoms with Crippen molar-refractivity contribution in [2.45, 2.75) is 38.6 Å². The van der Waals surface area contributed by atoms with Crippen molar-refractivity contribution >= 4 is 17.0 Å². The summed E-state index contributed by atoms with van der Waals surface area (Å²) in [6.45, 7) is 3.99. The van der Waals surface area contributed by atoms with Crippen LogP contribution < -0.4 is 0 Å². The minimum absolute atomic E-state index is 0.109. The van der Waals surface area contributed by atoms with Crippen LogP contribution in [0.3, 0.4) is 0 Å². The van der Waals surface area contributed by atoms with Crippen LogP contribution in [0.25, 0.3) is 17.0 Å². The van der Waals surface area contributed by atoms with E-state index in [2.05, 4.69) is 29.8 Å². The van der Waals surface area contributed by atoms with E-state index in [1.165, 1.54) is 22.2 Å². The Morgan fingerprint density at radius 1 is 1.30 bits per heavy atom. The molecule has 3 rings (SSSR count). The van der Waals surface area contributed by atoms with Crippen LogP contribution in [0.2, 0.25) is 0 Å². The fourth-order valence-corrected chi connectivity index (χ4v) is 3.01. The number of benzene rings is 1. The summed E-state index contributed by atoms with van der Waals surface area (Å²) in [5, 5.41) is 11.6. The lowest BCUT2D eigenvalue weighted by molar-refractivity contribution is -0.0374. The van der Waals surface area contributed by atoms with Crippen LogP contribution in [0, 0.1) is 0 Å². The highest BCUT2D eigenvalue weighted by molar-refractivity contribution is 5.88. The molecule has 0 spiro atoms. The average Bonchev–Trinajstić information content (AvgIpc) is 2.57. The van der Waals surface area contributed by atoms with E-state index in [9.17, 15) is 5.11 Å². The van der Waals surface area contributed by atoms with Crippen LogP contribution in [-0.4, -0.2) is 28.0 Å². The maximum absolute atomic E-state index is 10.4. The second-order valence-corrected chi connectivity index (χ2v) is 5.72. The van der Waals surface area contributed by atoms with Crippen molar-refractivity contribution < 1.29 is 9.84 Å². The quantitative estimate of drug-likeness (QED) is 0.911. The number of nitrogens with zero attached hydrogens (tertiary/aromatic N) is 1. The first-order chi connectivity index (χ1) is 9.58. The van der Waals surface area contributed by atoms with Crippen molar-refractivity contribution in [3.05, 3.63) is 41.6 Å². The summed E-state index contributed by atoms with van der Waals surface area (Å²) in [7, 11) is 2.07. The third-order valence-electron chi connectivity index (χ3n) is 3.93. The van der Waals surface area contributed by atoms with E-state index in [0.29, 0.717) is 6.42 Å². The number of aliphatic hydroxyl groups is 1. The molecule has 1 aliphatic carbocycles. The van der Waals surface area contributed by atoms with E-state index in [4.69, 9.17) is 4.74 Å². The molecule has 1 N–H and O–H groups in total. The van der Waals surface area contributed by atoms with Crippen LogP contribution in [0.4, 0.5) is 0 Å². The molecule has 106 valence electrons. The maximum Gasteiger partial charge on any atom is 0.102 e. The Hall–Kier alpha value is -1.58. The summed E-state index contributed by atoms with van der Waals surface area (Å²) >= 11 is 0. The summed E-state index contributed by atoms with van der Waals surface area (Å²) in [6, 6.07) is 8.34. The Labute approximate surface area is 119 Å². The van der Waals surface area contributed by atoms with Gasteiger partial charge in [0.05, 0.1) is 12.2 Å². The number of aliphatic hydroxyl groups excluding tert-OH is 1. The summed E-state index contributed by atoms with van der Waals surface area (Å²) < 4.78 is 7.98. The molecule has 0 saturated carbocycles. The van der Waals surface area contributed by atoms with Gasteiger partial charge in [0.2, 0.25) is 0 Å². The van der Waals surface area contributed by atoms with Crippen molar-refractivity contribution in [1.82, 2.24) is 4.57 Å². The van der Waals surface area contributed by atoms with Crippen molar-refractivity contribution in [2.75, 3.05) is 0 Å². The Balaban J connectivity index is 2.07. The zero-order valence-corrected chi connectivity index (χ0v) is 12.2. The Morgan fingerprint density at radius 3 is 2.80 bits per heavy atom. The van der Waals surface area contributed by atoms with Gasteiger partial charge in [-0.05, 0) is 31.6 Å². The molecule has 0 aliphatic heterocycles. The molecule has 0 saturated heterocycles. The molecule has 20 heavy (non-hydrogen) atoms. The molecule has 1 heterocycles. The average molecular weight is 271 g/mol. The first-order valence-corrected chi connectivity index (χ1v) is 7.16. The van der Waals surface area contributed by atoms with E-state index >= 15 is 0 Å². The number of aromatic nitrogens is 1. The molecule has 3 heteroatoms. The van der Waals surface area contributed by atoms with Gasteiger partial charge >= 0.3 is 0 Å². The minimum atomic E-state index is -0.499. The molecule has 2 aromatic rings. The molecule has 1 aromatic heterocycles. The van der Waals surface area contributed by atoms with E-state index in [1.807, 2.05) is 32.1 Å². The number of ether oxygens (including phenoxy) is 1. The normalized spacial score (nSPS) is 22.2. The first-order valence-electron chi connectivity index (χ1n) is 7.16. The molecule has 2 unspecified atom stereocenters. The molecule has 1 aromatic carbocycles. The van der Waals surface area contributed by atoms with Gasteiger partial charge in [-0.3, -0.25) is 0 Å². The topological polar surface area (TPSA) is 34.4 Å². The Kier molecular flexibility index (Phi) is 3.40. The van der Waals surface area contributed by atoms with Crippen LogP contribution in [0.5, 0.6) is 0 Å². The zero-order valence-electron chi connectivity index (χ0n) is 12.2. The number of hydrogen-bond donors (Lipinski definition) is 1. The van der Waals surface area contributed by atoms with Crippen LogP contribution in [-0.2, 0) is 18.2 Å². The highest BCUT2D eigenvalue weighted by atomic mass is 16.5. The van der Waals surface area contributed by atoms with Gasteiger partial charge < -0.3 is 14.4 Å². The smallest absolute Gasteiger partial charge is 0.102 e. The third kappa shape index (κ3) is 2.17. The van der Waals surface area contributed by atoms with Gasteiger partial charge in [-0.1, -0.05) is 24.3 Å². The number of rotatable bonds is 2. The van der Waals surface area contributed by atoms with Gasteiger partial charge in [0.25, 0.3) is 0 Å². The lowest BCUT2D eigenvalue weighted by Crippen LogP contribution is -2.30. The Morgan fingerprint density at radius 2 is 2.05 bits per heavy atom. The van der Waals surface area contributed by atoms with E-state index in [-0.39, 0.29) is 12.2 Å². The molecule has 2 atom stereocenters. The van der Waals surface area contributed by atoms with Gasteiger partial charge in [0.15, 0.2) is 0 Å². The number of para-hydroxylation sites is 1. The van der Waals surface area contributed by atoms with Gasteiger partial charge in [-0.15, -0.1) is 0 Å². The number of fused-ring (bicyclic) bond motifs is 3. The summed E-state index contributed by atoms with van der Waals surface area (Å²) in [6.07, 6.45) is 4.06. The highest BCUT2D eigenvalue weighted by Crippen LogP contribution is 2.30. The molecule has 0 bridgehead atoms. The fourth-order valence-electron chi connectivity index (χ4n) is 3.01. The zero-order chi connectivity index (χ0) is 14.3. The van der Waals surface area contributed by atoms with Gasteiger partial charge in [0, 0.05) is 30.1 Å². The van der Waals surface area contributed by atoms with Gasteiger partial charge in [-0.2, -0.15) is 0 Å². The van der Waals surface area contributed by atoms with Gasteiger partial charge in [0.1, 0.15) is 6.10 Å². The number of hydrogen-bond acceptors (Lipinski definition) is 2. The van der Waals surface area contributed by atoms with Crippen molar-refractivity contribution in [3.8, 4) is 0 Å². The summed E-state index contributed by atoms with van der Waals surface area (Å²) in [4.78, 5) is 0. The standard InChI is InChI=1S/C17H21NO2/c1-11(2)20-17-9-8-15-13(10-16(17)19)12-6-4-5-7-14(12)18(15)3/h4-9,11,16-17,19H,10H2,1-3H3. The largest absolute Gasteiger partial charge is 0.390 e. The fraction of sp³-hybridized carbons (Fsp3) is 0.412. The molecule has 0 radical (unpaired) electrons. The predicted octanol–water partition coefficient (Wildman–Crippen LogP) is 2.90. The molecular weight excluding hydrogens is 250 g/mol. The van der Waals surface area contributed by atoms with E-state index in [0.717, 1.165) is 0 Å². The monoisotopic (exact) mass is 271 g/mol. The number of aryl methyl sites for hydroxylation is 1. The highest BCUT2D eigenvalue weighted by Gasteiger charge is 2.25. The van der Waals surface area contributed by atoms with Crippen LogP contribution >= 0.6 is 0 Å². The lowest BCUT2D eigenvalue weighted by Gasteiger charge is -2.21. The van der Waals surface area contributed by atoms with Crippen molar-refractivity contribution in [1.29, 1.82) is 0 Å². The van der Waals surface area contributed by atoms with E-state index in [1.54, 1.807) is 0 Å².